The van der Waals surface area contributed by atoms with Gasteiger partial charge >= 0.3 is 0 Å². The molecule has 0 atom stereocenters. The van der Waals surface area contributed by atoms with Crippen LogP contribution in [0.2, 0.25) is 0 Å². The van der Waals surface area contributed by atoms with Crippen LogP contribution in [0.15, 0.2) is 34.6 Å². The summed E-state index contributed by atoms with van der Waals surface area (Å²) < 4.78 is 0. The molecule has 1 N–H and O–H groups in total. The monoisotopic (exact) mass is 327 g/mol. The quantitative estimate of drug-likeness (QED) is 0.820. The highest BCUT2D eigenvalue weighted by molar-refractivity contribution is 7.14. The normalized spacial score (nSPS) is 15.3. The number of nitrogens with one attached hydrogen (secondary N) is 1. The van der Waals surface area contributed by atoms with Gasteiger partial charge in [-0.25, -0.2) is 4.98 Å². The Bertz CT molecular complexity index is 695. The van der Waals surface area contributed by atoms with Crippen LogP contribution >= 0.6 is 11.3 Å². The fourth-order valence-corrected chi connectivity index (χ4v) is 3.58. The summed E-state index contributed by atoms with van der Waals surface area (Å²) in [6.07, 6.45) is 4.54. The van der Waals surface area contributed by atoms with E-state index in [1.54, 1.807) is 11.3 Å². The minimum absolute atomic E-state index is 0.298. The summed E-state index contributed by atoms with van der Waals surface area (Å²) >= 11 is 1.65. The molecule has 1 aromatic heterocycles. The molecular weight excluding hydrogens is 302 g/mol. The Labute approximate surface area is 142 Å². The van der Waals surface area contributed by atoms with Crippen molar-refractivity contribution in [2.45, 2.75) is 46.5 Å². The number of hydrogen-bond acceptors (Lipinski definition) is 4. The van der Waals surface area contributed by atoms with Crippen molar-refractivity contribution in [2.75, 3.05) is 11.9 Å². The van der Waals surface area contributed by atoms with Crippen LogP contribution in [-0.2, 0) is 6.42 Å². The summed E-state index contributed by atoms with van der Waals surface area (Å²) in [6.45, 7) is 7.76. The van der Waals surface area contributed by atoms with E-state index in [0.29, 0.717) is 5.41 Å². The van der Waals surface area contributed by atoms with E-state index in [-0.39, 0.29) is 0 Å². The Hall–Kier alpha value is -1.68. The molecule has 0 radical (unpaired) electrons. The van der Waals surface area contributed by atoms with Crippen molar-refractivity contribution in [1.82, 2.24) is 4.98 Å². The Balaban J connectivity index is 1.75. The summed E-state index contributed by atoms with van der Waals surface area (Å²) in [5.74, 6) is 1.08. The molecule has 4 heteroatoms. The first kappa shape index (κ1) is 16.2. The number of thiazole rings is 1. The predicted molar refractivity (Wildman–Crippen MR) is 100 cm³/mol. The first-order valence-electron chi connectivity index (χ1n) is 8.35. The van der Waals surface area contributed by atoms with Crippen LogP contribution in [-0.4, -0.2) is 17.4 Å². The number of rotatable bonds is 3. The van der Waals surface area contributed by atoms with Gasteiger partial charge in [0, 0.05) is 23.9 Å². The zero-order valence-electron chi connectivity index (χ0n) is 14.2. The van der Waals surface area contributed by atoms with Gasteiger partial charge < -0.3 is 5.32 Å². The van der Waals surface area contributed by atoms with Crippen molar-refractivity contribution in [3.05, 3.63) is 35.2 Å². The van der Waals surface area contributed by atoms with Crippen LogP contribution in [0.25, 0.3) is 11.3 Å². The largest absolute Gasteiger partial charge is 0.320 e. The molecule has 3 rings (SSSR count). The third-order valence-electron chi connectivity index (χ3n) is 3.84. The molecule has 0 fully saturated rings. The van der Waals surface area contributed by atoms with Crippen molar-refractivity contribution < 1.29 is 0 Å². The topological polar surface area (TPSA) is 37.3 Å². The molecule has 2 aromatic rings. The standard InChI is InChI=1S/C19H25N3S/c1-19(2,3)12-14-7-6-8-15(11-14)16-13-23-18(21-16)22-17-9-4-5-10-20-17/h6-8,11,13H,4-5,9-10,12H2,1-3H3,(H,20,21,22). The van der Waals surface area contributed by atoms with Gasteiger partial charge in [0.15, 0.2) is 5.13 Å². The molecule has 0 bridgehead atoms. The lowest BCUT2D eigenvalue weighted by Crippen LogP contribution is -2.15. The molecule has 1 aliphatic heterocycles. The highest BCUT2D eigenvalue weighted by Gasteiger charge is 2.13. The van der Waals surface area contributed by atoms with Crippen molar-refractivity contribution >= 4 is 22.3 Å². The first-order chi connectivity index (χ1) is 11.0. The molecule has 0 saturated heterocycles. The lowest BCUT2D eigenvalue weighted by atomic mass is 9.87. The molecule has 3 nitrogen and oxygen atoms in total. The Morgan fingerprint density at radius 1 is 1.22 bits per heavy atom. The zero-order chi connectivity index (χ0) is 16.3. The maximum atomic E-state index is 4.74. The number of nitrogens with zero attached hydrogens (tertiary/aromatic N) is 2. The van der Waals surface area contributed by atoms with Gasteiger partial charge in [0.1, 0.15) is 5.84 Å². The van der Waals surface area contributed by atoms with E-state index in [4.69, 9.17) is 4.98 Å². The molecule has 122 valence electrons. The van der Waals surface area contributed by atoms with E-state index in [1.807, 2.05) is 0 Å². The average Bonchev–Trinajstić information content (AvgIpc) is 2.95. The number of benzene rings is 1. The van der Waals surface area contributed by atoms with Gasteiger partial charge in [-0.1, -0.05) is 39.0 Å². The molecule has 1 aliphatic rings. The van der Waals surface area contributed by atoms with Crippen molar-refractivity contribution in [3.63, 3.8) is 0 Å². The molecule has 0 saturated carbocycles. The molecule has 0 spiro atoms. The minimum atomic E-state index is 0.298. The smallest absolute Gasteiger partial charge is 0.188 e. The van der Waals surface area contributed by atoms with Gasteiger partial charge in [0.25, 0.3) is 0 Å². The number of hydrogen-bond donors (Lipinski definition) is 1. The molecular formula is C19H25N3S. The summed E-state index contributed by atoms with van der Waals surface area (Å²) in [5, 5.41) is 6.45. The fourth-order valence-electron chi connectivity index (χ4n) is 2.84. The lowest BCUT2D eigenvalue weighted by Gasteiger charge is -2.18. The second-order valence-corrected chi connectivity index (χ2v) is 8.24. The molecule has 2 heterocycles. The van der Waals surface area contributed by atoms with Gasteiger partial charge in [-0.2, -0.15) is 0 Å². The van der Waals surface area contributed by atoms with Gasteiger partial charge in [0.2, 0.25) is 0 Å². The maximum Gasteiger partial charge on any atom is 0.188 e. The maximum absolute atomic E-state index is 4.74. The number of anilines is 1. The molecule has 1 aromatic carbocycles. The van der Waals surface area contributed by atoms with Crippen LogP contribution in [0.5, 0.6) is 0 Å². The van der Waals surface area contributed by atoms with Crippen molar-refractivity contribution in [2.24, 2.45) is 10.4 Å². The van der Waals surface area contributed by atoms with Crippen molar-refractivity contribution in [3.8, 4) is 11.3 Å². The van der Waals surface area contributed by atoms with E-state index in [9.17, 15) is 0 Å². The molecule has 23 heavy (non-hydrogen) atoms. The summed E-state index contributed by atoms with van der Waals surface area (Å²) in [4.78, 5) is 9.27. The van der Waals surface area contributed by atoms with E-state index < -0.39 is 0 Å². The van der Waals surface area contributed by atoms with Gasteiger partial charge in [-0.3, -0.25) is 4.99 Å². The van der Waals surface area contributed by atoms with Crippen LogP contribution in [0, 0.1) is 5.41 Å². The second kappa shape index (κ2) is 6.83. The average molecular weight is 327 g/mol. The van der Waals surface area contributed by atoms with Crippen LogP contribution in [0.1, 0.15) is 45.6 Å². The minimum Gasteiger partial charge on any atom is -0.320 e. The fraction of sp³-hybridized carbons (Fsp3) is 0.474. The van der Waals surface area contributed by atoms with Crippen molar-refractivity contribution in [1.29, 1.82) is 0 Å². The number of aromatic nitrogens is 1. The molecule has 0 unspecified atom stereocenters. The Morgan fingerprint density at radius 2 is 2.09 bits per heavy atom. The first-order valence-corrected chi connectivity index (χ1v) is 9.23. The van der Waals surface area contributed by atoms with Crippen LogP contribution < -0.4 is 5.32 Å². The van der Waals surface area contributed by atoms with Crippen LogP contribution in [0.3, 0.4) is 0 Å². The number of aliphatic imine (C=N–C) groups is 1. The van der Waals surface area contributed by atoms with Gasteiger partial charge in [-0.15, -0.1) is 11.3 Å². The third-order valence-corrected chi connectivity index (χ3v) is 4.59. The predicted octanol–water partition coefficient (Wildman–Crippen LogP) is 5.39. The third kappa shape index (κ3) is 4.64. The zero-order valence-corrected chi connectivity index (χ0v) is 15.0. The summed E-state index contributed by atoms with van der Waals surface area (Å²) in [7, 11) is 0. The van der Waals surface area contributed by atoms with Crippen LogP contribution in [0.4, 0.5) is 5.13 Å². The lowest BCUT2D eigenvalue weighted by molar-refractivity contribution is 0.411. The molecule has 0 amide bonds. The Kier molecular flexibility index (Phi) is 4.81. The Morgan fingerprint density at radius 3 is 2.83 bits per heavy atom. The highest BCUT2D eigenvalue weighted by atomic mass is 32.1. The van der Waals surface area contributed by atoms with E-state index in [2.05, 4.69) is 60.7 Å². The van der Waals surface area contributed by atoms with E-state index >= 15 is 0 Å². The SMILES string of the molecule is CC(C)(C)Cc1cccc(-c2csc(NC3=NCCCC3)n2)c1. The molecule has 0 aliphatic carbocycles. The van der Waals surface area contributed by atoms with Gasteiger partial charge in [0.05, 0.1) is 5.69 Å². The van der Waals surface area contributed by atoms with E-state index in [1.165, 1.54) is 24.0 Å². The summed E-state index contributed by atoms with van der Waals surface area (Å²) in [5.41, 5.74) is 3.91. The second-order valence-electron chi connectivity index (χ2n) is 7.39. The van der Waals surface area contributed by atoms with Gasteiger partial charge in [-0.05, 0) is 36.3 Å². The summed E-state index contributed by atoms with van der Waals surface area (Å²) in [6, 6.07) is 8.75. The number of amidine groups is 1. The highest BCUT2D eigenvalue weighted by Crippen LogP contribution is 2.28. The van der Waals surface area contributed by atoms with E-state index in [0.717, 1.165) is 36.0 Å².